The van der Waals surface area contributed by atoms with E-state index in [0.29, 0.717) is 25.6 Å². The van der Waals surface area contributed by atoms with E-state index >= 15 is 0 Å². The number of ether oxygens (including phenoxy) is 1. The van der Waals surface area contributed by atoms with Gasteiger partial charge in [-0.15, -0.1) is 11.3 Å². The molecule has 0 saturated heterocycles. The van der Waals surface area contributed by atoms with Crippen LogP contribution in [0.3, 0.4) is 0 Å². The first kappa shape index (κ1) is 20.2. The number of alkyl carbamates (subject to hydrolysis) is 1. The first-order valence-electron chi connectivity index (χ1n) is 8.26. The van der Waals surface area contributed by atoms with Gasteiger partial charge in [0.1, 0.15) is 10.6 Å². The van der Waals surface area contributed by atoms with Gasteiger partial charge < -0.3 is 20.7 Å². The molecule has 0 bridgehead atoms. The van der Waals surface area contributed by atoms with E-state index in [-0.39, 0.29) is 0 Å². The fourth-order valence-electron chi connectivity index (χ4n) is 1.73. The summed E-state index contributed by atoms with van der Waals surface area (Å²) in [5.74, 6) is 0.705. The maximum atomic E-state index is 11.6. The summed E-state index contributed by atoms with van der Waals surface area (Å²) in [6.45, 7) is 12.0. The van der Waals surface area contributed by atoms with Crippen molar-refractivity contribution in [3.05, 3.63) is 16.1 Å². The third-order valence-corrected chi connectivity index (χ3v) is 3.88. The molecule has 0 aliphatic rings. The van der Waals surface area contributed by atoms with Crippen molar-refractivity contribution in [2.24, 2.45) is 4.99 Å². The lowest BCUT2D eigenvalue weighted by atomic mass is 10.2. The van der Waals surface area contributed by atoms with E-state index in [2.05, 4.69) is 32.9 Å². The lowest BCUT2D eigenvalue weighted by Crippen LogP contribution is -2.42. The summed E-state index contributed by atoms with van der Waals surface area (Å²) in [5.41, 5.74) is -0.487. The van der Waals surface area contributed by atoms with Gasteiger partial charge in [-0.05, 0) is 34.1 Å². The number of amides is 1. The van der Waals surface area contributed by atoms with E-state index in [1.165, 1.54) is 4.88 Å². The van der Waals surface area contributed by atoms with Crippen LogP contribution in [0.25, 0.3) is 0 Å². The normalized spacial score (nSPS) is 12.0. The number of carbonyl (C=O) groups is 1. The van der Waals surface area contributed by atoms with Crippen molar-refractivity contribution in [3.63, 3.8) is 0 Å². The molecule has 8 heteroatoms. The minimum Gasteiger partial charge on any atom is -0.444 e. The maximum Gasteiger partial charge on any atom is 0.407 e. The van der Waals surface area contributed by atoms with Gasteiger partial charge in [-0.3, -0.25) is 0 Å². The molecule has 136 valence electrons. The molecule has 0 unspecified atom stereocenters. The Morgan fingerprint density at radius 2 is 1.96 bits per heavy atom. The summed E-state index contributed by atoms with van der Waals surface area (Å²) in [4.78, 5) is 21.7. The molecule has 0 radical (unpaired) electrons. The van der Waals surface area contributed by atoms with Crippen molar-refractivity contribution in [2.75, 3.05) is 19.6 Å². The predicted octanol–water partition coefficient (Wildman–Crippen LogP) is 2.29. The van der Waals surface area contributed by atoms with Gasteiger partial charge in [-0.25, -0.2) is 14.8 Å². The first-order valence-corrected chi connectivity index (χ1v) is 9.08. The highest BCUT2D eigenvalue weighted by Gasteiger charge is 2.15. The molecule has 0 aliphatic heterocycles. The molecule has 7 nitrogen and oxygen atoms in total. The van der Waals surface area contributed by atoms with Crippen molar-refractivity contribution >= 4 is 23.4 Å². The van der Waals surface area contributed by atoms with Crippen LogP contribution in [0.2, 0.25) is 0 Å². The molecule has 0 spiro atoms. The molecule has 0 atom stereocenters. The average molecular weight is 356 g/mol. The van der Waals surface area contributed by atoms with Gasteiger partial charge in [-0.2, -0.15) is 0 Å². The fraction of sp³-hybridized carbons (Fsp3) is 0.688. The highest BCUT2D eigenvalue weighted by Crippen LogP contribution is 2.13. The molecule has 1 amide bonds. The highest BCUT2D eigenvalue weighted by atomic mass is 32.1. The van der Waals surface area contributed by atoms with Crippen molar-refractivity contribution in [3.8, 4) is 0 Å². The van der Waals surface area contributed by atoms with Gasteiger partial charge in [0.15, 0.2) is 5.96 Å². The lowest BCUT2D eigenvalue weighted by Gasteiger charge is -2.19. The number of aliphatic imine (C=N–C) groups is 1. The average Bonchev–Trinajstić information content (AvgIpc) is 2.95. The Kier molecular flexibility index (Phi) is 8.53. The van der Waals surface area contributed by atoms with Crippen LogP contribution < -0.4 is 16.0 Å². The largest absolute Gasteiger partial charge is 0.444 e. The second-order valence-corrected chi connectivity index (χ2v) is 7.32. The standard InChI is InChI=1S/C16H29N5O2S/c1-6-12-10-20-13(24-12)11-21-14(17-7-2)18-8-9-19-15(22)23-16(3,4)5/h10H,6-9,11H2,1-5H3,(H,19,22)(H2,17,18,21). The Morgan fingerprint density at radius 3 is 2.54 bits per heavy atom. The zero-order chi connectivity index (χ0) is 18.0. The summed E-state index contributed by atoms with van der Waals surface area (Å²) in [6, 6.07) is 0. The molecule has 0 aliphatic carbocycles. The van der Waals surface area contributed by atoms with Crippen LogP contribution in [0.15, 0.2) is 11.2 Å². The molecule has 1 aromatic rings. The molecular formula is C16H29N5O2S. The number of nitrogens with one attached hydrogen (secondary N) is 3. The number of hydrogen-bond donors (Lipinski definition) is 3. The Hall–Kier alpha value is -1.83. The lowest BCUT2D eigenvalue weighted by molar-refractivity contribution is 0.0529. The van der Waals surface area contributed by atoms with E-state index in [4.69, 9.17) is 4.74 Å². The smallest absolute Gasteiger partial charge is 0.407 e. The second-order valence-electron chi connectivity index (χ2n) is 6.12. The molecule has 1 aromatic heterocycles. The van der Waals surface area contributed by atoms with Gasteiger partial charge in [0, 0.05) is 30.7 Å². The van der Waals surface area contributed by atoms with Gasteiger partial charge >= 0.3 is 6.09 Å². The molecule has 0 aromatic carbocycles. The molecule has 0 fully saturated rings. The molecule has 24 heavy (non-hydrogen) atoms. The van der Waals surface area contributed by atoms with E-state index in [0.717, 1.165) is 18.0 Å². The molecular weight excluding hydrogens is 326 g/mol. The summed E-state index contributed by atoms with van der Waals surface area (Å²) >= 11 is 1.68. The topological polar surface area (TPSA) is 87.6 Å². The van der Waals surface area contributed by atoms with Crippen LogP contribution in [0, 0.1) is 0 Å². The number of carbonyl (C=O) groups excluding carboxylic acids is 1. The molecule has 0 saturated carbocycles. The van der Waals surface area contributed by atoms with Crippen LogP contribution in [0.1, 0.15) is 44.5 Å². The maximum absolute atomic E-state index is 11.6. The van der Waals surface area contributed by atoms with Crippen LogP contribution in [0.5, 0.6) is 0 Å². The summed E-state index contributed by atoms with van der Waals surface area (Å²) < 4.78 is 5.18. The Labute approximate surface area is 148 Å². The summed E-state index contributed by atoms with van der Waals surface area (Å²) in [5, 5.41) is 10.0. The number of thiazole rings is 1. The Bertz CT molecular complexity index is 537. The van der Waals surface area contributed by atoms with Crippen LogP contribution in [0.4, 0.5) is 4.79 Å². The first-order chi connectivity index (χ1) is 11.3. The van der Waals surface area contributed by atoms with E-state index in [1.807, 2.05) is 33.9 Å². The third-order valence-electron chi connectivity index (χ3n) is 2.75. The van der Waals surface area contributed by atoms with Gasteiger partial charge in [0.25, 0.3) is 0 Å². The van der Waals surface area contributed by atoms with Gasteiger partial charge in [-0.1, -0.05) is 6.92 Å². The summed E-state index contributed by atoms with van der Waals surface area (Å²) in [7, 11) is 0. The van der Waals surface area contributed by atoms with E-state index in [1.54, 1.807) is 11.3 Å². The van der Waals surface area contributed by atoms with Crippen molar-refractivity contribution < 1.29 is 9.53 Å². The number of nitrogens with zero attached hydrogens (tertiary/aromatic N) is 2. The zero-order valence-electron chi connectivity index (χ0n) is 15.2. The number of guanidine groups is 1. The second kappa shape index (κ2) is 10.1. The van der Waals surface area contributed by atoms with Crippen LogP contribution in [-0.2, 0) is 17.7 Å². The summed E-state index contributed by atoms with van der Waals surface area (Å²) in [6.07, 6.45) is 2.48. The monoisotopic (exact) mass is 355 g/mol. The number of aromatic nitrogens is 1. The van der Waals surface area contributed by atoms with Crippen molar-refractivity contribution in [2.45, 2.75) is 53.2 Å². The number of aryl methyl sites for hydroxylation is 1. The highest BCUT2D eigenvalue weighted by molar-refractivity contribution is 7.11. The molecule has 1 rings (SSSR count). The third kappa shape index (κ3) is 8.71. The van der Waals surface area contributed by atoms with Crippen LogP contribution >= 0.6 is 11.3 Å². The molecule has 3 N–H and O–H groups in total. The van der Waals surface area contributed by atoms with Gasteiger partial charge in [0.2, 0.25) is 0 Å². The van der Waals surface area contributed by atoms with E-state index in [9.17, 15) is 4.79 Å². The zero-order valence-corrected chi connectivity index (χ0v) is 16.0. The number of rotatable bonds is 7. The van der Waals surface area contributed by atoms with E-state index < -0.39 is 11.7 Å². The minimum atomic E-state index is -0.487. The van der Waals surface area contributed by atoms with Crippen molar-refractivity contribution in [1.82, 2.24) is 20.9 Å². The van der Waals surface area contributed by atoms with Crippen LogP contribution in [-0.4, -0.2) is 42.3 Å². The molecule has 1 heterocycles. The van der Waals surface area contributed by atoms with Gasteiger partial charge in [0.05, 0.1) is 6.54 Å². The van der Waals surface area contributed by atoms with Crippen molar-refractivity contribution in [1.29, 1.82) is 0 Å². The quantitative estimate of drug-likeness (QED) is 0.397. The SMILES string of the molecule is CCNC(=NCc1ncc(CC)s1)NCCNC(=O)OC(C)(C)C. The fourth-order valence-corrected chi connectivity index (χ4v) is 2.52. The Morgan fingerprint density at radius 1 is 1.25 bits per heavy atom. The number of hydrogen-bond acceptors (Lipinski definition) is 5. The Balaban J connectivity index is 2.37. The minimum absolute atomic E-state index is 0.416. The predicted molar refractivity (Wildman–Crippen MR) is 98.5 cm³/mol.